The van der Waals surface area contributed by atoms with Gasteiger partial charge < -0.3 is 9.64 Å². The van der Waals surface area contributed by atoms with Crippen LogP contribution in [0.3, 0.4) is 0 Å². The van der Waals surface area contributed by atoms with Crippen molar-refractivity contribution in [2.45, 2.75) is 18.6 Å². The second-order valence-corrected chi connectivity index (χ2v) is 3.55. The molecule has 2 aliphatic heterocycles. The van der Waals surface area contributed by atoms with Crippen LogP contribution in [0.25, 0.3) is 0 Å². The highest BCUT2D eigenvalue weighted by Crippen LogP contribution is 2.29. The molecule has 1 aromatic rings. The van der Waals surface area contributed by atoms with Crippen molar-refractivity contribution in [3.8, 4) is 0 Å². The fourth-order valence-corrected chi connectivity index (χ4v) is 2.08. The summed E-state index contributed by atoms with van der Waals surface area (Å²) in [6.45, 7) is 1.79. The van der Waals surface area contributed by atoms with Crippen molar-refractivity contribution in [1.82, 2.24) is 9.97 Å². The largest absolute Gasteiger partial charge is 0.374 e. The van der Waals surface area contributed by atoms with E-state index < -0.39 is 0 Å². The first-order valence-electron chi connectivity index (χ1n) is 4.59. The molecule has 2 bridgehead atoms. The van der Waals surface area contributed by atoms with Gasteiger partial charge in [0.25, 0.3) is 0 Å². The zero-order chi connectivity index (χ0) is 8.67. The van der Waals surface area contributed by atoms with E-state index >= 15 is 0 Å². The molecule has 3 rings (SSSR count). The van der Waals surface area contributed by atoms with Crippen LogP contribution in [0, 0.1) is 0 Å². The van der Waals surface area contributed by atoms with Gasteiger partial charge in [0.15, 0.2) is 0 Å². The lowest BCUT2D eigenvalue weighted by Gasteiger charge is -2.26. The molecule has 2 unspecified atom stereocenters. The minimum Gasteiger partial charge on any atom is -0.374 e. The van der Waals surface area contributed by atoms with Crippen LogP contribution in [0.15, 0.2) is 18.5 Å². The molecule has 0 N–H and O–H groups in total. The van der Waals surface area contributed by atoms with Gasteiger partial charge in [-0.1, -0.05) is 0 Å². The highest BCUT2D eigenvalue weighted by Gasteiger charge is 2.39. The fourth-order valence-electron chi connectivity index (χ4n) is 2.08. The zero-order valence-electron chi connectivity index (χ0n) is 7.26. The quantitative estimate of drug-likeness (QED) is 0.624. The van der Waals surface area contributed by atoms with Crippen molar-refractivity contribution in [3.05, 3.63) is 18.5 Å². The third kappa shape index (κ3) is 1.09. The highest BCUT2D eigenvalue weighted by atomic mass is 16.5. The number of aromatic nitrogens is 2. The molecule has 0 amide bonds. The minimum absolute atomic E-state index is 0.411. The topological polar surface area (TPSA) is 38.2 Å². The maximum absolute atomic E-state index is 5.51. The molecule has 2 aliphatic rings. The molecular weight excluding hydrogens is 166 g/mol. The van der Waals surface area contributed by atoms with Crippen LogP contribution in [-0.2, 0) is 4.74 Å². The average molecular weight is 177 g/mol. The maximum Gasteiger partial charge on any atom is 0.225 e. The van der Waals surface area contributed by atoms with E-state index in [-0.39, 0.29) is 0 Å². The number of fused-ring (bicyclic) bond motifs is 2. The standard InChI is InChI=1S/C9H11N3O/c1-2-10-9(11-3-1)12-5-8-4-7(12)6-13-8/h1-3,7-8H,4-6H2. The Morgan fingerprint density at radius 2 is 2.23 bits per heavy atom. The third-order valence-electron chi connectivity index (χ3n) is 2.71. The summed E-state index contributed by atoms with van der Waals surface area (Å²) in [6, 6.07) is 2.35. The van der Waals surface area contributed by atoms with Crippen LogP contribution in [0.1, 0.15) is 6.42 Å². The monoisotopic (exact) mass is 177 g/mol. The van der Waals surface area contributed by atoms with Crippen LogP contribution in [0.4, 0.5) is 5.95 Å². The van der Waals surface area contributed by atoms with Gasteiger partial charge >= 0.3 is 0 Å². The summed E-state index contributed by atoms with van der Waals surface area (Å²) in [6.07, 6.45) is 5.12. The molecule has 68 valence electrons. The molecule has 2 atom stereocenters. The number of hydrogen-bond acceptors (Lipinski definition) is 4. The van der Waals surface area contributed by atoms with E-state index in [0.29, 0.717) is 12.1 Å². The Bertz CT molecular complexity index is 303. The first-order valence-corrected chi connectivity index (χ1v) is 4.59. The van der Waals surface area contributed by atoms with Crippen LogP contribution in [-0.4, -0.2) is 35.3 Å². The van der Waals surface area contributed by atoms with Gasteiger partial charge in [0.05, 0.1) is 18.8 Å². The molecule has 3 heterocycles. The second kappa shape index (κ2) is 2.67. The van der Waals surface area contributed by atoms with E-state index in [0.717, 1.165) is 25.5 Å². The van der Waals surface area contributed by atoms with Gasteiger partial charge in [-0.15, -0.1) is 0 Å². The molecule has 2 saturated heterocycles. The molecule has 0 spiro atoms. The van der Waals surface area contributed by atoms with Crippen LogP contribution >= 0.6 is 0 Å². The molecule has 2 fully saturated rings. The Morgan fingerprint density at radius 3 is 2.85 bits per heavy atom. The first-order chi connectivity index (χ1) is 6.43. The van der Waals surface area contributed by atoms with E-state index in [1.807, 2.05) is 6.07 Å². The summed E-state index contributed by atoms with van der Waals surface area (Å²) in [5, 5.41) is 0. The zero-order valence-corrected chi connectivity index (χ0v) is 7.26. The number of nitrogens with zero attached hydrogens (tertiary/aromatic N) is 3. The number of morpholine rings is 1. The van der Waals surface area contributed by atoms with E-state index in [1.54, 1.807) is 12.4 Å². The summed E-state index contributed by atoms with van der Waals surface area (Å²) in [5.74, 6) is 0.846. The SMILES string of the molecule is c1cnc(N2CC3CC2CO3)nc1. The molecule has 4 heteroatoms. The molecule has 1 aromatic heterocycles. The van der Waals surface area contributed by atoms with Crippen molar-refractivity contribution >= 4 is 5.95 Å². The Labute approximate surface area is 76.6 Å². The Hall–Kier alpha value is -1.16. The summed E-state index contributed by atoms with van der Waals surface area (Å²) in [5.41, 5.74) is 0. The van der Waals surface area contributed by atoms with Gasteiger partial charge in [0.1, 0.15) is 0 Å². The Morgan fingerprint density at radius 1 is 1.38 bits per heavy atom. The van der Waals surface area contributed by atoms with Gasteiger partial charge in [-0.05, 0) is 12.5 Å². The Balaban J connectivity index is 1.87. The maximum atomic E-state index is 5.51. The molecule has 0 aromatic carbocycles. The van der Waals surface area contributed by atoms with E-state index in [1.165, 1.54) is 0 Å². The van der Waals surface area contributed by atoms with Gasteiger partial charge in [0, 0.05) is 18.9 Å². The smallest absolute Gasteiger partial charge is 0.225 e. The molecular formula is C9H11N3O. The summed E-state index contributed by atoms with van der Waals surface area (Å²) in [7, 11) is 0. The highest BCUT2D eigenvalue weighted by molar-refractivity contribution is 5.34. The number of anilines is 1. The van der Waals surface area contributed by atoms with Gasteiger partial charge in [-0.2, -0.15) is 0 Å². The second-order valence-electron chi connectivity index (χ2n) is 3.55. The number of hydrogen-bond donors (Lipinski definition) is 0. The predicted octanol–water partition coefficient (Wildman–Crippen LogP) is 0.454. The molecule has 4 nitrogen and oxygen atoms in total. The molecule has 0 aliphatic carbocycles. The summed E-state index contributed by atoms with van der Waals surface area (Å²) in [4.78, 5) is 10.7. The molecule has 0 saturated carbocycles. The molecule has 0 radical (unpaired) electrons. The van der Waals surface area contributed by atoms with Crippen molar-refractivity contribution in [2.24, 2.45) is 0 Å². The lowest BCUT2D eigenvalue weighted by atomic mass is 10.2. The predicted molar refractivity (Wildman–Crippen MR) is 47.5 cm³/mol. The van der Waals surface area contributed by atoms with Gasteiger partial charge in [-0.3, -0.25) is 0 Å². The summed E-state index contributed by atoms with van der Waals surface area (Å²) < 4.78 is 5.51. The van der Waals surface area contributed by atoms with Crippen molar-refractivity contribution < 1.29 is 4.74 Å². The van der Waals surface area contributed by atoms with Crippen LogP contribution in [0.5, 0.6) is 0 Å². The van der Waals surface area contributed by atoms with Crippen LogP contribution in [0.2, 0.25) is 0 Å². The van der Waals surface area contributed by atoms with Crippen molar-refractivity contribution in [1.29, 1.82) is 0 Å². The Kier molecular flexibility index (Phi) is 1.49. The van der Waals surface area contributed by atoms with Crippen molar-refractivity contribution in [2.75, 3.05) is 18.1 Å². The van der Waals surface area contributed by atoms with Crippen molar-refractivity contribution in [3.63, 3.8) is 0 Å². The fraction of sp³-hybridized carbons (Fsp3) is 0.556. The normalized spacial score (nSPS) is 31.2. The minimum atomic E-state index is 0.411. The van der Waals surface area contributed by atoms with E-state index in [2.05, 4.69) is 14.9 Å². The van der Waals surface area contributed by atoms with Gasteiger partial charge in [-0.25, -0.2) is 9.97 Å². The lowest BCUT2D eigenvalue weighted by molar-refractivity contribution is 0.0986. The van der Waals surface area contributed by atoms with E-state index in [4.69, 9.17) is 4.74 Å². The number of rotatable bonds is 1. The summed E-state index contributed by atoms with van der Waals surface area (Å²) >= 11 is 0. The molecule has 13 heavy (non-hydrogen) atoms. The lowest BCUT2D eigenvalue weighted by Crippen LogP contribution is -2.37. The van der Waals surface area contributed by atoms with E-state index in [9.17, 15) is 0 Å². The number of ether oxygens (including phenoxy) is 1. The third-order valence-corrected chi connectivity index (χ3v) is 2.71. The average Bonchev–Trinajstić information content (AvgIpc) is 2.80. The van der Waals surface area contributed by atoms with Gasteiger partial charge in [0.2, 0.25) is 5.95 Å². The van der Waals surface area contributed by atoms with Crippen LogP contribution < -0.4 is 4.90 Å². The first kappa shape index (κ1) is 7.26.